The third-order valence-corrected chi connectivity index (χ3v) is 9.42. The number of anilines is 2. The molecule has 0 aliphatic carbocycles. The van der Waals surface area contributed by atoms with Gasteiger partial charge in [0.25, 0.3) is 0 Å². The van der Waals surface area contributed by atoms with E-state index in [1.165, 1.54) is 13.2 Å². The van der Waals surface area contributed by atoms with Crippen LogP contribution in [-0.4, -0.2) is 54.8 Å². The first-order chi connectivity index (χ1) is 23.3. The summed E-state index contributed by atoms with van der Waals surface area (Å²) in [6.07, 6.45) is 6.13. The molecule has 0 spiro atoms. The highest BCUT2D eigenvalue weighted by molar-refractivity contribution is 6.39. The van der Waals surface area contributed by atoms with Crippen LogP contribution < -0.4 is 26.0 Å². The van der Waals surface area contributed by atoms with E-state index in [-0.39, 0.29) is 35.4 Å². The molecule has 0 saturated carbocycles. The van der Waals surface area contributed by atoms with E-state index in [9.17, 15) is 4.79 Å². The number of carbonyl (C=O) groups is 1. The van der Waals surface area contributed by atoms with Crippen molar-refractivity contribution in [3.05, 3.63) is 87.7 Å². The van der Waals surface area contributed by atoms with Crippen molar-refractivity contribution < 1.29 is 23.0 Å². The molecule has 2 aromatic heterocycles. The zero-order valence-electron chi connectivity index (χ0n) is 26.3. The molecule has 13 heteroatoms. The Kier molecular flexibility index (Phi) is 11.0. The van der Waals surface area contributed by atoms with Crippen LogP contribution in [0.1, 0.15) is 36.8 Å². The highest BCUT2D eigenvalue weighted by Gasteiger charge is 2.22. The fraction of sp³-hybridized carbons (Fsp3) is 0.343. The second-order valence-electron chi connectivity index (χ2n) is 11.8. The molecule has 0 radical (unpaired) electrons. The highest BCUT2D eigenvalue weighted by atomic mass is 35.5. The van der Waals surface area contributed by atoms with E-state index in [4.69, 9.17) is 32.7 Å². The molecule has 9 nitrogen and oxygen atoms in total. The molecule has 0 unspecified atom stereocenters. The number of hydrogen-bond donors (Lipinski definition) is 4. The van der Waals surface area contributed by atoms with Gasteiger partial charge >= 0.3 is 0 Å². The summed E-state index contributed by atoms with van der Waals surface area (Å²) in [5, 5.41) is 13.1. The van der Waals surface area contributed by atoms with Gasteiger partial charge in [-0.25, -0.2) is 13.8 Å². The summed E-state index contributed by atoms with van der Waals surface area (Å²) >= 11 is 13.8. The quantitative estimate of drug-likeness (QED) is 0.128. The van der Waals surface area contributed by atoms with Gasteiger partial charge in [0.15, 0.2) is 11.6 Å². The number of methoxy groups -OCH3 is 1. The molecular formula is C35H36Cl2F2N6O3. The molecule has 2 aliphatic heterocycles. The second-order valence-corrected chi connectivity index (χ2v) is 12.5. The minimum Gasteiger partial charge on any atom is -0.496 e. The van der Waals surface area contributed by atoms with E-state index in [1.54, 1.807) is 48.8 Å². The number of carbonyl (C=O) groups excluding carboxylic acids is 1. The van der Waals surface area contributed by atoms with Crippen molar-refractivity contribution in [2.45, 2.75) is 50.9 Å². The monoisotopic (exact) mass is 696 g/mol. The Labute approximate surface area is 287 Å². The second kappa shape index (κ2) is 15.6. The maximum absolute atomic E-state index is 15.5. The predicted octanol–water partition coefficient (Wildman–Crippen LogP) is 6.78. The first-order valence-corrected chi connectivity index (χ1v) is 16.6. The molecule has 1 amide bonds. The summed E-state index contributed by atoms with van der Waals surface area (Å²) in [5.41, 5.74) is 3.16. The van der Waals surface area contributed by atoms with Crippen molar-refractivity contribution in [3.8, 4) is 28.1 Å². The SMILES string of the molecule is COc1cc(-c2nccc(-c3cccc(Nc4nccc(CNC5CCOCC5)c4F)c3Cl)c2Cl)cc(F)c1CNC[C@@H]1CCC(=O)N1. The van der Waals surface area contributed by atoms with E-state index in [0.29, 0.717) is 82.7 Å². The lowest BCUT2D eigenvalue weighted by atomic mass is 10.0. The number of rotatable bonds is 12. The Morgan fingerprint density at radius 1 is 1.00 bits per heavy atom. The van der Waals surface area contributed by atoms with Crippen LogP contribution in [0.3, 0.4) is 0 Å². The molecule has 252 valence electrons. The van der Waals surface area contributed by atoms with Crippen molar-refractivity contribution >= 4 is 40.6 Å². The van der Waals surface area contributed by atoms with Crippen molar-refractivity contribution in [2.24, 2.45) is 0 Å². The van der Waals surface area contributed by atoms with Gasteiger partial charge in [-0.3, -0.25) is 9.78 Å². The number of pyridine rings is 2. The number of hydrogen-bond acceptors (Lipinski definition) is 8. The summed E-state index contributed by atoms with van der Waals surface area (Å²) in [6, 6.07) is 12.0. The van der Waals surface area contributed by atoms with Crippen LogP contribution >= 0.6 is 23.2 Å². The Morgan fingerprint density at radius 3 is 2.56 bits per heavy atom. The fourth-order valence-electron chi connectivity index (χ4n) is 5.98. The minimum atomic E-state index is -0.487. The Morgan fingerprint density at radius 2 is 1.79 bits per heavy atom. The lowest BCUT2D eigenvalue weighted by Crippen LogP contribution is -2.35. The van der Waals surface area contributed by atoms with Gasteiger partial charge in [-0.2, -0.15) is 0 Å². The zero-order chi connectivity index (χ0) is 33.6. The van der Waals surface area contributed by atoms with Crippen molar-refractivity contribution in [1.82, 2.24) is 25.9 Å². The third kappa shape index (κ3) is 7.71. The minimum absolute atomic E-state index is 0.0158. The van der Waals surface area contributed by atoms with Gasteiger partial charge in [0.2, 0.25) is 5.91 Å². The predicted molar refractivity (Wildman–Crippen MR) is 183 cm³/mol. The van der Waals surface area contributed by atoms with Crippen LogP contribution in [0.2, 0.25) is 10.0 Å². The average molecular weight is 698 g/mol. The Balaban J connectivity index is 1.21. The first-order valence-electron chi connectivity index (χ1n) is 15.8. The van der Waals surface area contributed by atoms with Crippen LogP contribution in [0.5, 0.6) is 5.75 Å². The van der Waals surface area contributed by atoms with Crippen LogP contribution in [0.25, 0.3) is 22.4 Å². The number of nitrogens with one attached hydrogen (secondary N) is 4. The standard InChI is InChI=1S/C35H36Cl2F2N6O3/c1-47-29-16-21(15-27(38)26(29)19-40-18-23-5-6-30(46)44-23)34-32(37)25(8-12-41-34)24-3-2-4-28(31(24)36)45-35-33(39)20(7-11-42-35)17-43-22-9-13-48-14-10-22/h2-4,7-8,11-12,15-16,22-23,40,43H,5-6,9-10,13-14,17-19H2,1H3,(H,42,45)(H,44,46)/t23-/m0/s1. The number of halogens is 4. The molecule has 4 aromatic rings. The number of aromatic nitrogens is 2. The van der Waals surface area contributed by atoms with Crippen molar-refractivity contribution in [3.63, 3.8) is 0 Å². The van der Waals surface area contributed by atoms with E-state index in [2.05, 4.69) is 31.2 Å². The fourth-order valence-corrected chi connectivity index (χ4v) is 6.58. The lowest BCUT2D eigenvalue weighted by Gasteiger charge is -2.23. The topological polar surface area (TPSA) is 109 Å². The molecule has 0 bridgehead atoms. The van der Waals surface area contributed by atoms with Gasteiger partial charge in [0, 0.05) is 91.6 Å². The maximum atomic E-state index is 15.5. The van der Waals surface area contributed by atoms with E-state index in [0.717, 1.165) is 19.3 Å². The molecule has 1 atom stereocenters. The molecule has 2 fully saturated rings. The zero-order valence-corrected chi connectivity index (χ0v) is 27.9. The van der Waals surface area contributed by atoms with Gasteiger partial charge in [-0.15, -0.1) is 0 Å². The third-order valence-electron chi connectivity index (χ3n) is 8.63. The van der Waals surface area contributed by atoms with Gasteiger partial charge in [-0.1, -0.05) is 35.3 Å². The summed E-state index contributed by atoms with van der Waals surface area (Å²) in [4.78, 5) is 20.2. The van der Waals surface area contributed by atoms with E-state index < -0.39 is 11.6 Å². The first kappa shape index (κ1) is 34.0. The van der Waals surface area contributed by atoms with Crippen molar-refractivity contribution in [1.29, 1.82) is 0 Å². The van der Waals surface area contributed by atoms with Crippen molar-refractivity contribution in [2.75, 3.05) is 32.2 Å². The molecule has 4 heterocycles. The largest absolute Gasteiger partial charge is 0.496 e. The average Bonchev–Trinajstić information content (AvgIpc) is 3.51. The maximum Gasteiger partial charge on any atom is 0.220 e. The molecular weight excluding hydrogens is 661 g/mol. The molecule has 2 aliphatic rings. The van der Waals surface area contributed by atoms with Crippen LogP contribution in [0.4, 0.5) is 20.3 Å². The molecule has 2 saturated heterocycles. The molecule has 48 heavy (non-hydrogen) atoms. The summed E-state index contributed by atoms with van der Waals surface area (Å²) in [7, 11) is 1.47. The van der Waals surface area contributed by atoms with Gasteiger partial charge < -0.3 is 30.7 Å². The summed E-state index contributed by atoms with van der Waals surface area (Å²) < 4.78 is 42.0. The van der Waals surface area contributed by atoms with Gasteiger partial charge in [0.1, 0.15) is 11.6 Å². The van der Waals surface area contributed by atoms with Gasteiger partial charge in [0.05, 0.1) is 28.5 Å². The Hall–Kier alpha value is -3.87. The number of benzene rings is 2. The summed E-state index contributed by atoms with van der Waals surface area (Å²) in [5.74, 6) is -0.550. The van der Waals surface area contributed by atoms with E-state index >= 15 is 8.78 Å². The van der Waals surface area contributed by atoms with E-state index in [1.807, 2.05) is 0 Å². The molecule has 6 rings (SSSR count). The van der Waals surface area contributed by atoms with Crippen LogP contribution in [0.15, 0.2) is 54.9 Å². The number of nitrogens with zero attached hydrogens (tertiary/aromatic N) is 2. The lowest BCUT2D eigenvalue weighted by molar-refractivity contribution is -0.119. The summed E-state index contributed by atoms with van der Waals surface area (Å²) in [6.45, 7) is 2.48. The van der Waals surface area contributed by atoms with Crippen LogP contribution in [0, 0.1) is 11.6 Å². The normalized spacial score (nSPS) is 16.6. The number of amides is 1. The number of ether oxygens (including phenoxy) is 2. The Bertz CT molecular complexity index is 1790. The highest BCUT2D eigenvalue weighted by Crippen LogP contribution is 2.42. The van der Waals surface area contributed by atoms with Crippen LogP contribution in [-0.2, 0) is 22.6 Å². The van der Waals surface area contributed by atoms with Gasteiger partial charge in [-0.05, 0) is 49.6 Å². The molecule has 4 N–H and O–H groups in total. The smallest absolute Gasteiger partial charge is 0.220 e. The molecule has 2 aromatic carbocycles.